The summed E-state index contributed by atoms with van der Waals surface area (Å²) in [5.41, 5.74) is -2.99. The van der Waals surface area contributed by atoms with E-state index in [2.05, 4.69) is 15.2 Å². The summed E-state index contributed by atoms with van der Waals surface area (Å²) in [7, 11) is -4.49. The van der Waals surface area contributed by atoms with E-state index in [1.54, 1.807) is 13.8 Å². The number of hydrogen-bond acceptors (Lipinski definition) is 9. The number of aromatic nitrogens is 2. The highest BCUT2D eigenvalue weighted by atomic mass is 32.2. The monoisotopic (exact) mass is 622 g/mol. The van der Waals surface area contributed by atoms with Crippen molar-refractivity contribution >= 4 is 33.5 Å². The number of aliphatic carboxylic acids is 1. The Hall–Kier alpha value is -3.73. The van der Waals surface area contributed by atoms with Crippen molar-refractivity contribution < 1.29 is 55.6 Å². The van der Waals surface area contributed by atoms with Crippen molar-refractivity contribution in [3.8, 4) is 11.6 Å². The molecule has 1 aliphatic rings. The van der Waals surface area contributed by atoms with Gasteiger partial charge in [-0.3, -0.25) is 19.1 Å². The standard InChI is InChI=1S/C25H33F3N4O9S/c1-5-15(22(34)35)11-17-13-32(42(37,38)20-14-31(6-2)30-21(20)39-10-9-33)18-12-16(7-8-19(18)40-17)29-23(36)41-24(3,4)25(26,27)28/h7-8,12,14-15,17,33H,5-6,9-11,13H2,1-4H3,(H,29,36)(H,34,35). The first-order valence-corrected chi connectivity index (χ1v) is 14.4. The third-order valence-corrected chi connectivity index (χ3v) is 8.24. The Kier molecular flexibility index (Phi) is 9.87. The lowest BCUT2D eigenvalue weighted by atomic mass is 9.98. The summed E-state index contributed by atoms with van der Waals surface area (Å²) in [4.78, 5) is 23.6. The Morgan fingerprint density at radius 3 is 2.52 bits per heavy atom. The molecule has 0 saturated carbocycles. The predicted molar refractivity (Wildman–Crippen MR) is 142 cm³/mol. The number of carboxylic acid groups (broad SMARTS) is 1. The first-order valence-electron chi connectivity index (χ1n) is 13.0. The molecule has 42 heavy (non-hydrogen) atoms. The van der Waals surface area contributed by atoms with Gasteiger partial charge in [-0.25, -0.2) is 13.2 Å². The maximum absolute atomic E-state index is 14.1. The third-order valence-electron chi connectivity index (χ3n) is 6.48. The summed E-state index contributed by atoms with van der Waals surface area (Å²) in [6.45, 7) is 4.03. The van der Waals surface area contributed by atoms with Crippen LogP contribution in [0.5, 0.6) is 11.6 Å². The van der Waals surface area contributed by atoms with Crippen LogP contribution in [0.3, 0.4) is 0 Å². The first kappa shape index (κ1) is 32.8. The van der Waals surface area contributed by atoms with Gasteiger partial charge in [0.25, 0.3) is 15.9 Å². The molecule has 2 aromatic rings. The minimum atomic E-state index is -4.85. The summed E-state index contributed by atoms with van der Waals surface area (Å²) >= 11 is 0. The van der Waals surface area contributed by atoms with E-state index >= 15 is 0 Å². The number of ether oxygens (including phenoxy) is 3. The zero-order valence-corrected chi connectivity index (χ0v) is 24.2. The van der Waals surface area contributed by atoms with Gasteiger partial charge < -0.3 is 24.4 Å². The van der Waals surface area contributed by atoms with Crippen molar-refractivity contribution in [3.05, 3.63) is 24.4 Å². The number of hydrogen-bond donors (Lipinski definition) is 3. The Balaban J connectivity index is 2.04. The van der Waals surface area contributed by atoms with E-state index in [0.717, 1.165) is 4.31 Å². The molecule has 2 unspecified atom stereocenters. The molecule has 17 heteroatoms. The molecule has 3 N–H and O–H groups in total. The van der Waals surface area contributed by atoms with Crippen molar-refractivity contribution in [1.82, 2.24) is 9.78 Å². The molecule has 0 fully saturated rings. The topological polar surface area (TPSA) is 170 Å². The van der Waals surface area contributed by atoms with Gasteiger partial charge >= 0.3 is 18.2 Å². The van der Waals surface area contributed by atoms with Crippen molar-refractivity contribution in [1.29, 1.82) is 0 Å². The number of nitrogens with one attached hydrogen (secondary N) is 1. The van der Waals surface area contributed by atoms with Gasteiger partial charge in [-0.05, 0) is 51.8 Å². The number of nitrogens with zero attached hydrogens (tertiary/aromatic N) is 3. The lowest BCUT2D eigenvalue weighted by Crippen LogP contribution is -2.45. The molecule has 0 aliphatic carbocycles. The molecular formula is C25H33F3N4O9S. The highest BCUT2D eigenvalue weighted by molar-refractivity contribution is 7.93. The molecule has 0 spiro atoms. The van der Waals surface area contributed by atoms with Crippen molar-refractivity contribution in [2.24, 2.45) is 5.92 Å². The number of carboxylic acids is 1. The second-order valence-corrected chi connectivity index (χ2v) is 11.7. The summed E-state index contributed by atoms with van der Waals surface area (Å²) in [6, 6.07) is 3.75. The number of carbonyl (C=O) groups excluding carboxylic acids is 1. The minimum absolute atomic E-state index is 0.0188. The SMILES string of the molecule is CCC(CC1CN(S(=O)(=O)c2cn(CC)nc2OCCO)c2cc(NC(=O)OC(C)(C)C(F)(F)F)ccc2O1)C(=O)O. The second-order valence-electron chi connectivity index (χ2n) is 9.89. The maximum Gasteiger partial charge on any atom is 0.427 e. The Morgan fingerprint density at radius 2 is 1.95 bits per heavy atom. The van der Waals surface area contributed by atoms with Gasteiger partial charge in [0.1, 0.15) is 18.5 Å². The zero-order chi connectivity index (χ0) is 31.5. The van der Waals surface area contributed by atoms with Crippen LogP contribution in [0, 0.1) is 5.92 Å². The normalized spacial score (nSPS) is 16.3. The number of amides is 1. The molecule has 1 aromatic heterocycles. The predicted octanol–water partition coefficient (Wildman–Crippen LogP) is 3.62. The van der Waals surface area contributed by atoms with Crippen LogP contribution in [0.25, 0.3) is 0 Å². The average molecular weight is 623 g/mol. The van der Waals surface area contributed by atoms with Crippen LogP contribution < -0.4 is 19.1 Å². The van der Waals surface area contributed by atoms with Gasteiger partial charge in [-0.15, -0.1) is 5.10 Å². The largest absolute Gasteiger partial charge is 0.486 e. The van der Waals surface area contributed by atoms with Crippen LogP contribution in [0.1, 0.15) is 40.5 Å². The molecule has 3 rings (SSSR count). The van der Waals surface area contributed by atoms with Crippen molar-refractivity contribution in [2.75, 3.05) is 29.4 Å². The van der Waals surface area contributed by atoms with E-state index in [0.29, 0.717) is 13.8 Å². The Bertz CT molecular complexity index is 1400. The lowest BCUT2D eigenvalue weighted by molar-refractivity contribution is -0.242. The Morgan fingerprint density at radius 1 is 1.26 bits per heavy atom. The molecule has 1 aromatic carbocycles. The van der Waals surface area contributed by atoms with E-state index in [1.165, 1.54) is 29.1 Å². The molecule has 1 aliphatic heterocycles. The van der Waals surface area contributed by atoms with Crippen LogP contribution in [-0.2, 0) is 26.1 Å². The molecule has 0 bridgehead atoms. The molecule has 0 radical (unpaired) electrons. The van der Waals surface area contributed by atoms with Crippen molar-refractivity contribution in [2.45, 2.75) is 69.9 Å². The van der Waals surface area contributed by atoms with Crippen LogP contribution >= 0.6 is 0 Å². The first-order chi connectivity index (χ1) is 19.5. The second kappa shape index (κ2) is 12.6. The van der Waals surface area contributed by atoms with Crippen LogP contribution in [0.4, 0.5) is 29.3 Å². The summed E-state index contributed by atoms with van der Waals surface area (Å²) in [6.07, 6.45) is -5.71. The highest BCUT2D eigenvalue weighted by Crippen LogP contribution is 2.41. The zero-order valence-electron chi connectivity index (χ0n) is 23.3. The molecule has 1 amide bonds. The van der Waals surface area contributed by atoms with E-state index < -0.39 is 52.5 Å². The fraction of sp³-hybridized carbons (Fsp3) is 0.560. The number of alkyl halides is 3. The van der Waals surface area contributed by atoms with Gasteiger partial charge in [0.2, 0.25) is 5.60 Å². The molecule has 2 heterocycles. The quantitative estimate of drug-likeness (QED) is 0.318. The van der Waals surface area contributed by atoms with E-state index in [4.69, 9.17) is 9.47 Å². The number of aliphatic hydroxyl groups is 1. The lowest BCUT2D eigenvalue weighted by Gasteiger charge is -2.36. The minimum Gasteiger partial charge on any atom is -0.486 e. The van der Waals surface area contributed by atoms with Crippen LogP contribution in [-0.4, -0.2) is 78.1 Å². The van der Waals surface area contributed by atoms with Crippen molar-refractivity contribution in [3.63, 3.8) is 0 Å². The Labute approximate surface area is 240 Å². The van der Waals surface area contributed by atoms with E-state index in [9.17, 15) is 41.4 Å². The van der Waals surface area contributed by atoms with E-state index in [1.807, 2.05) is 0 Å². The van der Waals surface area contributed by atoms with Gasteiger partial charge in [0, 0.05) is 18.4 Å². The van der Waals surface area contributed by atoms with Crippen LogP contribution in [0.2, 0.25) is 0 Å². The highest BCUT2D eigenvalue weighted by Gasteiger charge is 2.51. The van der Waals surface area contributed by atoms with E-state index in [-0.39, 0.29) is 60.4 Å². The number of aryl methyl sites for hydroxylation is 1. The third kappa shape index (κ3) is 7.18. The van der Waals surface area contributed by atoms with Gasteiger partial charge in [-0.2, -0.15) is 13.2 Å². The molecule has 13 nitrogen and oxygen atoms in total. The summed E-state index contributed by atoms with van der Waals surface area (Å²) in [5, 5.41) is 25.0. The molecule has 0 saturated heterocycles. The number of sulfonamides is 1. The average Bonchev–Trinajstić information content (AvgIpc) is 3.33. The number of aliphatic hydroxyl groups excluding tert-OH is 1. The number of halogens is 3. The van der Waals surface area contributed by atoms with Crippen LogP contribution in [0.15, 0.2) is 29.3 Å². The molecule has 234 valence electrons. The number of rotatable bonds is 12. The molecule has 2 atom stereocenters. The maximum atomic E-state index is 14.1. The number of carbonyl (C=O) groups is 2. The number of benzene rings is 1. The fourth-order valence-electron chi connectivity index (χ4n) is 4.02. The van der Waals surface area contributed by atoms with Gasteiger partial charge in [-0.1, -0.05) is 6.92 Å². The number of anilines is 2. The molecular weight excluding hydrogens is 589 g/mol. The number of fused-ring (bicyclic) bond motifs is 1. The smallest absolute Gasteiger partial charge is 0.427 e. The summed E-state index contributed by atoms with van der Waals surface area (Å²) in [5.74, 6) is -2.17. The van der Waals surface area contributed by atoms with Gasteiger partial charge in [0.05, 0.1) is 24.8 Å². The summed E-state index contributed by atoms with van der Waals surface area (Å²) < 4.78 is 85.7. The fourth-order valence-corrected chi connectivity index (χ4v) is 5.59. The van der Waals surface area contributed by atoms with Gasteiger partial charge in [0.15, 0.2) is 4.90 Å².